The summed E-state index contributed by atoms with van der Waals surface area (Å²) in [5.41, 5.74) is 1.92. The molecule has 0 amide bonds. The van der Waals surface area contributed by atoms with Crippen molar-refractivity contribution in [3.63, 3.8) is 0 Å². The Morgan fingerprint density at radius 2 is 2.00 bits per heavy atom. The smallest absolute Gasteiger partial charge is 0.226 e. The second-order valence-corrected chi connectivity index (χ2v) is 3.17. The van der Waals surface area contributed by atoms with Gasteiger partial charge >= 0.3 is 0 Å². The van der Waals surface area contributed by atoms with Crippen LogP contribution in [0.1, 0.15) is 11.1 Å². The van der Waals surface area contributed by atoms with Gasteiger partial charge in [-0.2, -0.15) is 0 Å². The summed E-state index contributed by atoms with van der Waals surface area (Å²) >= 11 is 10.9. The minimum absolute atomic E-state index is 0.270. The zero-order valence-corrected chi connectivity index (χ0v) is 7.90. The molecule has 1 aromatic rings. The lowest BCUT2D eigenvalue weighted by atomic mass is 10.1. The fourth-order valence-corrected chi connectivity index (χ4v) is 1.30. The van der Waals surface area contributed by atoms with Crippen molar-refractivity contribution in [1.82, 2.24) is 0 Å². The van der Waals surface area contributed by atoms with Crippen molar-refractivity contribution in [3.8, 4) is 0 Å². The van der Waals surface area contributed by atoms with E-state index in [2.05, 4.69) is 0 Å². The van der Waals surface area contributed by atoms with Gasteiger partial charge < -0.3 is 0 Å². The second kappa shape index (κ2) is 4.48. The Kier molecular flexibility index (Phi) is 3.57. The average molecular weight is 203 g/mol. The molecule has 0 radical (unpaired) electrons. The van der Waals surface area contributed by atoms with Crippen LogP contribution in [-0.4, -0.2) is 5.24 Å². The van der Waals surface area contributed by atoms with Gasteiger partial charge in [-0.1, -0.05) is 24.3 Å². The lowest BCUT2D eigenvalue weighted by molar-refractivity contribution is -0.111. The Hall–Kier alpha value is -0.530. The lowest BCUT2D eigenvalue weighted by Crippen LogP contribution is -1.93. The van der Waals surface area contributed by atoms with Crippen molar-refractivity contribution in [1.29, 1.82) is 0 Å². The largest absolute Gasteiger partial charge is 0.281 e. The molecule has 1 nitrogen and oxygen atoms in total. The van der Waals surface area contributed by atoms with Crippen molar-refractivity contribution in [2.75, 3.05) is 0 Å². The first kappa shape index (κ1) is 9.56. The second-order valence-electron chi connectivity index (χ2n) is 2.49. The first-order chi connectivity index (χ1) is 5.72. The molecular formula is C9H8Cl2O. The van der Waals surface area contributed by atoms with Crippen LogP contribution >= 0.6 is 23.2 Å². The van der Waals surface area contributed by atoms with E-state index >= 15 is 0 Å². The fraction of sp³-hybridized carbons (Fsp3) is 0.222. The summed E-state index contributed by atoms with van der Waals surface area (Å²) in [6.07, 6.45) is 0.270. The molecule has 0 unspecified atom stereocenters. The van der Waals surface area contributed by atoms with Crippen LogP contribution in [0.25, 0.3) is 0 Å². The van der Waals surface area contributed by atoms with E-state index in [1.165, 1.54) is 0 Å². The Balaban J connectivity index is 2.79. The molecule has 64 valence electrons. The van der Waals surface area contributed by atoms with Crippen LogP contribution in [0, 0.1) is 0 Å². The van der Waals surface area contributed by atoms with E-state index in [-0.39, 0.29) is 11.7 Å². The molecular weight excluding hydrogens is 195 g/mol. The SMILES string of the molecule is O=C(Cl)Cc1cccc(CCl)c1. The van der Waals surface area contributed by atoms with E-state index < -0.39 is 0 Å². The third-order valence-corrected chi connectivity index (χ3v) is 1.93. The van der Waals surface area contributed by atoms with Crippen LogP contribution in [0.15, 0.2) is 24.3 Å². The Labute approximate surface area is 81.3 Å². The van der Waals surface area contributed by atoms with Gasteiger partial charge in [-0.25, -0.2) is 0 Å². The van der Waals surface area contributed by atoms with Crippen LogP contribution in [-0.2, 0) is 17.1 Å². The number of halogens is 2. The normalized spacial score (nSPS) is 9.83. The van der Waals surface area contributed by atoms with E-state index in [1.54, 1.807) is 0 Å². The molecule has 1 aromatic carbocycles. The van der Waals surface area contributed by atoms with Crippen LogP contribution in [0.3, 0.4) is 0 Å². The van der Waals surface area contributed by atoms with Crippen LogP contribution in [0.2, 0.25) is 0 Å². The summed E-state index contributed by atoms with van der Waals surface area (Å²) < 4.78 is 0. The maximum absolute atomic E-state index is 10.5. The van der Waals surface area contributed by atoms with Gasteiger partial charge in [0.1, 0.15) is 0 Å². The minimum Gasteiger partial charge on any atom is -0.281 e. The maximum Gasteiger partial charge on any atom is 0.226 e. The van der Waals surface area contributed by atoms with Crippen molar-refractivity contribution in [2.45, 2.75) is 12.3 Å². The summed E-state index contributed by atoms with van der Waals surface area (Å²) in [5, 5.41) is -0.346. The Morgan fingerprint density at radius 3 is 2.58 bits per heavy atom. The van der Waals surface area contributed by atoms with Crippen molar-refractivity contribution in [2.24, 2.45) is 0 Å². The summed E-state index contributed by atoms with van der Waals surface area (Å²) in [4.78, 5) is 10.5. The molecule has 0 heterocycles. The van der Waals surface area contributed by atoms with E-state index in [0.717, 1.165) is 11.1 Å². The predicted octanol–water partition coefficient (Wildman–Crippen LogP) is 2.73. The van der Waals surface area contributed by atoms with Crippen LogP contribution in [0.4, 0.5) is 0 Å². The summed E-state index contributed by atoms with van der Waals surface area (Å²) in [6.45, 7) is 0. The van der Waals surface area contributed by atoms with Crippen molar-refractivity contribution >= 4 is 28.4 Å². The number of hydrogen-bond donors (Lipinski definition) is 0. The quantitative estimate of drug-likeness (QED) is 0.545. The zero-order valence-electron chi connectivity index (χ0n) is 6.39. The lowest BCUT2D eigenvalue weighted by Gasteiger charge is -1.98. The van der Waals surface area contributed by atoms with Crippen molar-refractivity contribution < 1.29 is 4.79 Å². The third-order valence-electron chi connectivity index (χ3n) is 1.49. The van der Waals surface area contributed by atoms with Gasteiger partial charge in [-0.3, -0.25) is 4.79 Å². The highest BCUT2D eigenvalue weighted by molar-refractivity contribution is 6.63. The van der Waals surface area contributed by atoms with Gasteiger partial charge in [-0.05, 0) is 22.7 Å². The molecule has 12 heavy (non-hydrogen) atoms. The molecule has 0 fully saturated rings. The molecule has 0 saturated heterocycles. The molecule has 0 aliphatic heterocycles. The first-order valence-electron chi connectivity index (χ1n) is 3.54. The number of hydrogen-bond acceptors (Lipinski definition) is 1. The fourth-order valence-electron chi connectivity index (χ4n) is 0.983. The van der Waals surface area contributed by atoms with Gasteiger partial charge in [0.25, 0.3) is 0 Å². The third kappa shape index (κ3) is 2.84. The highest BCUT2D eigenvalue weighted by Gasteiger charge is 1.99. The number of rotatable bonds is 3. The zero-order chi connectivity index (χ0) is 8.97. The molecule has 1 rings (SSSR count). The summed E-state index contributed by atoms with van der Waals surface area (Å²) in [6, 6.07) is 7.52. The van der Waals surface area contributed by atoms with E-state index in [0.29, 0.717) is 5.88 Å². The minimum atomic E-state index is -0.346. The van der Waals surface area contributed by atoms with Gasteiger partial charge in [0.2, 0.25) is 5.24 Å². The Bertz CT molecular complexity index is 284. The molecule has 0 aliphatic rings. The highest BCUT2D eigenvalue weighted by Crippen LogP contribution is 2.09. The summed E-state index contributed by atoms with van der Waals surface area (Å²) in [5.74, 6) is 0.463. The number of carbonyl (C=O) groups excluding carboxylic acids is 1. The molecule has 0 saturated carbocycles. The molecule has 0 bridgehead atoms. The predicted molar refractivity (Wildman–Crippen MR) is 50.6 cm³/mol. The molecule has 3 heteroatoms. The van der Waals surface area contributed by atoms with Gasteiger partial charge in [-0.15, -0.1) is 11.6 Å². The molecule has 0 aliphatic carbocycles. The van der Waals surface area contributed by atoms with Gasteiger partial charge in [0, 0.05) is 12.3 Å². The number of carbonyl (C=O) groups is 1. The van der Waals surface area contributed by atoms with Gasteiger partial charge in [0.05, 0.1) is 0 Å². The van der Waals surface area contributed by atoms with Gasteiger partial charge in [0.15, 0.2) is 0 Å². The standard InChI is InChI=1S/C9H8Cl2O/c10-6-8-3-1-2-7(4-8)5-9(11)12/h1-4H,5-6H2. The number of benzene rings is 1. The average Bonchev–Trinajstić information content (AvgIpc) is 2.03. The monoisotopic (exact) mass is 202 g/mol. The highest BCUT2D eigenvalue weighted by atomic mass is 35.5. The van der Waals surface area contributed by atoms with Crippen LogP contribution < -0.4 is 0 Å². The molecule has 0 atom stereocenters. The summed E-state index contributed by atoms with van der Waals surface area (Å²) in [7, 11) is 0. The molecule has 0 spiro atoms. The first-order valence-corrected chi connectivity index (χ1v) is 4.45. The van der Waals surface area contributed by atoms with E-state index in [1.807, 2.05) is 24.3 Å². The maximum atomic E-state index is 10.5. The number of alkyl halides is 1. The topological polar surface area (TPSA) is 17.1 Å². The van der Waals surface area contributed by atoms with Crippen LogP contribution in [0.5, 0.6) is 0 Å². The molecule has 0 aromatic heterocycles. The van der Waals surface area contributed by atoms with E-state index in [4.69, 9.17) is 23.2 Å². The van der Waals surface area contributed by atoms with E-state index in [9.17, 15) is 4.79 Å². The Morgan fingerprint density at radius 1 is 1.33 bits per heavy atom. The molecule has 0 N–H and O–H groups in total. The van der Waals surface area contributed by atoms with Crippen molar-refractivity contribution in [3.05, 3.63) is 35.4 Å².